The number of primary amides is 1. The summed E-state index contributed by atoms with van der Waals surface area (Å²) in [6, 6.07) is 8.85. The molecule has 1 amide bonds. The highest BCUT2D eigenvalue weighted by Crippen LogP contribution is 2.36. The Morgan fingerprint density at radius 3 is 2.71 bits per heavy atom. The SMILES string of the molecule is COc1cc(C(N)=O)cc(Cl)c1OCc1cccc(F)c1. The Morgan fingerprint density at radius 1 is 1.33 bits per heavy atom. The summed E-state index contributed by atoms with van der Waals surface area (Å²) < 4.78 is 23.8. The first-order valence-corrected chi connectivity index (χ1v) is 6.43. The fourth-order valence-corrected chi connectivity index (χ4v) is 2.05. The van der Waals surface area contributed by atoms with Gasteiger partial charge in [-0.3, -0.25) is 4.79 Å². The number of ether oxygens (including phenoxy) is 2. The Morgan fingerprint density at radius 2 is 2.10 bits per heavy atom. The lowest BCUT2D eigenvalue weighted by atomic mass is 10.2. The van der Waals surface area contributed by atoms with E-state index in [-0.39, 0.29) is 34.5 Å². The number of halogens is 2. The first kappa shape index (κ1) is 15.1. The van der Waals surface area contributed by atoms with Gasteiger partial charge in [-0.25, -0.2) is 4.39 Å². The van der Waals surface area contributed by atoms with Crippen LogP contribution in [-0.2, 0) is 6.61 Å². The number of rotatable bonds is 5. The van der Waals surface area contributed by atoms with Crippen LogP contribution in [0.4, 0.5) is 4.39 Å². The fourth-order valence-electron chi connectivity index (χ4n) is 1.78. The zero-order valence-electron chi connectivity index (χ0n) is 11.2. The lowest BCUT2D eigenvalue weighted by molar-refractivity contribution is 0.1000. The van der Waals surface area contributed by atoms with Crippen molar-refractivity contribution in [3.05, 3.63) is 58.4 Å². The Balaban J connectivity index is 2.25. The summed E-state index contributed by atoms with van der Waals surface area (Å²) in [5, 5.41) is 0.194. The van der Waals surface area contributed by atoms with E-state index in [1.807, 2.05) is 0 Å². The van der Waals surface area contributed by atoms with Crippen LogP contribution in [-0.4, -0.2) is 13.0 Å². The number of carbonyl (C=O) groups excluding carboxylic acids is 1. The molecule has 0 saturated heterocycles. The predicted octanol–water partition coefficient (Wildman–Crippen LogP) is 3.17. The van der Waals surface area contributed by atoms with Crippen LogP contribution in [0.3, 0.4) is 0 Å². The van der Waals surface area contributed by atoms with Crippen molar-refractivity contribution >= 4 is 17.5 Å². The van der Waals surface area contributed by atoms with Gasteiger partial charge in [0.25, 0.3) is 0 Å². The molecule has 0 bridgehead atoms. The van der Waals surface area contributed by atoms with Crippen molar-refractivity contribution in [3.8, 4) is 11.5 Å². The molecule has 4 nitrogen and oxygen atoms in total. The standard InChI is InChI=1S/C15H13ClFNO3/c1-20-13-7-10(15(18)19)6-12(16)14(13)21-8-9-3-2-4-11(17)5-9/h2-7H,8H2,1H3,(H2,18,19). The molecule has 2 rings (SSSR count). The Bertz CT molecular complexity index is 676. The molecule has 0 saturated carbocycles. The Hall–Kier alpha value is -2.27. The van der Waals surface area contributed by atoms with Gasteiger partial charge in [-0.2, -0.15) is 0 Å². The molecule has 0 spiro atoms. The number of methoxy groups -OCH3 is 1. The van der Waals surface area contributed by atoms with E-state index in [1.165, 1.54) is 31.4 Å². The van der Waals surface area contributed by atoms with E-state index in [4.69, 9.17) is 26.8 Å². The normalized spacial score (nSPS) is 10.2. The average molecular weight is 310 g/mol. The van der Waals surface area contributed by atoms with Crippen molar-refractivity contribution in [3.63, 3.8) is 0 Å². The van der Waals surface area contributed by atoms with Crippen LogP contribution in [0.25, 0.3) is 0 Å². The molecular weight excluding hydrogens is 297 g/mol. The van der Waals surface area contributed by atoms with Crippen LogP contribution >= 0.6 is 11.6 Å². The molecule has 0 fully saturated rings. The largest absolute Gasteiger partial charge is 0.493 e. The quantitative estimate of drug-likeness (QED) is 0.922. The van der Waals surface area contributed by atoms with Crippen molar-refractivity contribution in [2.75, 3.05) is 7.11 Å². The van der Waals surface area contributed by atoms with Gasteiger partial charge in [0.15, 0.2) is 11.5 Å². The Labute approximate surface area is 126 Å². The number of nitrogens with two attached hydrogens (primary N) is 1. The maximum atomic E-state index is 13.1. The van der Waals surface area contributed by atoms with E-state index in [0.717, 1.165) is 0 Å². The van der Waals surface area contributed by atoms with Crippen LogP contribution in [0.2, 0.25) is 5.02 Å². The Kier molecular flexibility index (Phi) is 4.65. The molecular formula is C15H13ClFNO3. The zero-order chi connectivity index (χ0) is 15.4. The minimum absolute atomic E-state index is 0.115. The van der Waals surface area contributed by atoms with Gasteiger partial charge < -0.3 is 15.2 Å². The van der Waals surface area contributed by atoms with Gasteiger partial charge >= 0.3 is 0 Å². The molecule has 0 aliphatic rings. The number of benzene rings is 2. The van der Waals surface area contributed by atoms with Crippen molar-refractivity contribution in [2.24, 2.45) is 5.73 Å². The maximum Gasteiger partial charge on any atom is 0.248 e. The summed E-state index contributed by atoms with van der Waals surface area (Å²) in [7, 11) is 1.42. The number of carbonyl (C=O) groups is 1. The van der Waals surface area contributed by atoms with Crippen molar-refractivity contribution in [2.45, 2.75) is 6.61 Å². The highest BCUT2D eigenvalue weighted by atomic mass is 35.5. The average Bonchev–Trinajstić information content (AvgIpc) is 2.45. The van der Waals surface area contributed by atoms with E-state index in [9.17, 15) is 9.18 Å². The van der Waals surface area contributed by atoms with Crippen LogP contribution in [0.1, 0.15) is 15.9 Å². The minimum atomic E-state index is -0.619. The first-order chi connectivity index (χ1) is 10.0. The third kappa shape index (κ3) is 3.64. The minimum Gasteiger partial charge on any atom is -0.493 e. The highest BCUT2D eigenvalue weighted by Gasteiger charge is 2.14. The highest BCUT2D eigenvalue weighted by molar-refractivity contribution is 6.32. The van der Waals surface area contributed by atoms with Crippen molar-refractivity contribution in [1.29, 1.82) is 0 Å². The van der Waals surface area contributed by atoms with E-state index in [2.05, 4.69) is 0 Å². The lowest BCUT2D eigenvalue weighted by Crippen LogP contribution is -2.11. The van der Waals surface area contributed by atoms with Crippen molar-refractivity contribution < 1.29 is 18.7 Å². The summed E-state index contributed by atoms with van der Waals surface area (Å²) in [5.74, 6) is -0.411. The summed E-state index contributed by atoms with van der Waals surface area (Å²) in [5.41, 5.74) is 6.07. The molecule has 0 heterocycles. The summed E-state index contributed by atoms with van der Waals surface area (Å²) in [6.07, 6.45) is 0. The van der Waals surface area contributed by atoms with Gasteiger partial charge in [0, 0.05) is 5.56 Å². The van der Waals surface area contributed by atoms with Crippen LogP contribution < -0.4 is 15.2 Å². The third-order valence-electron chi connectivity index (χ3n) is 2.79. The zero-order valence-corrected chi connectivity index (χ0v) is 12.0. The molecule has 2 N–H and O–H groups in total. The molecule has 0 aliphatic heterocycles. The van der Waals surface area contributed by atoms with E-state index < -0.39 is 5.91 Å². The molecule has 0 aromatic heterocycles. The molecule has 21 heavy (non-hydrogen) atoms. The van der Waals surface area contributed by atoms with Gasteiger partial charge in [-0.15, -0.1) is 0 Å². The topological polar surface area (TPSA) is 61.5 Å². The first-order valence-electron chi connectivity index (χ1n) is 6.06. The molecule has 6 heteroatoms. The van der Waals surface area contributed by atoms with Gasteiger partial charge in [0.1, 0.15) is 12.4 Å². The molecule has 0 radical (unpaired) electrons. The van der Waals surface area contributed by atoms with E-state index in [1.54, 1.807) is 12.1 Å². The number of hydrogen-bond donors (Lipinski definition) is 1. The number of amides is 1. The van der Waals surface area contributed by atoms with E-state index >= 15 is 0 Å². The van der Waals surface area contributed by atoms with Gasteiger partial charge in [0.05, 0.1) is 12.1 Å². The summed E-state index contributed by atoms with van der Waals surface area (Å²) in [4.78, 5) is 11.2. The molecule has 0 aliphatic carbocycles. The van der Waals surface area contributed by atoms with Gasteiger partial charge in [-0.1, -0.05) is 23.7 Å². The third-order valence-corrected chi connectivity index (χ3v) is 3.07. The summed E-state index contributed by atoms with van der Waals surface area (Å²) >= 11 is 6.07. The van der Waals surface area contributed by atoms with E-state index in [0.29, 0.717) is 5.56 Å². The smallest absolute Gasteiger partial charge is 0.248 e. The monoisotopic (exact) mass is 309 g/mol. The van der Waals surface area contributed by atoms with Crippen molar-refractivity contribution in [1.82, 2.24) is 0 Å². The molecule has 2 aromatic rings. The van der Waals surface area contributed by atoms with Crippen LogP contribution in [0.15, 0.2) is 36.4 Å². The lowest BCUT2D eigenvalue weighted by Gasteiger charge is -2.13. The molecule has 110 valence electrons. The second-order valence-electron chi connectivity index (χ2n) is 4.27. The van der Waals surface area contributed by atoms with Crippen LogP contribution in [0, 0.1) is 5.82 Å². The molecule has 0 unspecified atom stereocenters. The van der Waals surface area contributed by atoms with Crippen LogP contribution in [0.5, 0.6) is 11.5 Å². The molecule has 0 atom stereocenters. The second-order valence-corrected chi connectivity index (χ2v) is 4.68. The van der Waals surface area contributed by atoms with Gasteiger partial charge in [0.2, 0.25) is 5.91 Å². The second kappa shape index (κ2) is 6.45. The summed E-state index contributed by atoms with van der Waals surface area (Å²) in [6.45, 7) is 0.115. The fraction of sp³-hybridized carbons (Fsp3) is 0.133. The number of hydrogen-bond acceptors (Lipinski definition) is 3. The van der Waals surface area contributed by atoms with Gasteiger partial charge in [-0.05, 0) is 29.8 Å². The predicted molar refractivity (Wildman–Crippen MR) is 77.3 cm³/mol. The molecule has 2 aromatic carbocycles. The maximum absolute atomic E-state index is 13.1.